The van der Waals surface area contributed by atoms with Gasteiger partial charge in [0.1, 0.15) is 17.8 Å². The zero-order valence-electron chi connectivity index (χ0n) is 23.7. The molecule has 0 saturated carbocycles. The quantitative estimate of drug-likeness (QED) is 0.414. The van der Waals surface area contributed by atoms with E-state index < -0.39 is 0 Å². The summed E-state index contributed by atoms with van der Waals surface area (Å²) in [6.07, 6.45) is 5.51. The number of aromatic nitrogens is 1. The third-order valence-electron chi connectivity index (χ3n) is 8.22. The van der Waals surface area contributed by atoms with Crippen molar-refractivity contribution in [3.63, 3.8) is 0 Å². The second-order valence-corrected chi connectivity index (χ2v) is 12.7. The zero-order valence-corrected chi connectivity index (χ0v) is 24.5. The van der Waals surface area contributed by atoms with Crippen molar-refractivity contribution in [2.24, 2.45) is 5.92 Å². The summed E-state index contributed by atoms with van der Waals surface area (Å²) >= 11 is 5.99. The highest BCUT2D eigenvalue weighted by molar-refractivity contribution is 6.30. The number of likely N-dealkylation sites (tertiary alicyclic amines) is 1. The maximum atomic E-state index is 15.8. The Morgan fingerprint density at radius 3 is 2.56 bits per heavy atom. The number of anilines is 2. The van der Waals surface area contributed by atoms with E-state index in [0.717, 1.165) is 44.6 Å². The molecule has 39 heavy (non-hydrogen) atoms. The summed E-state index contributed by atoms with van der Waals surface area (Å²) in [4.78, 5) is 9.19. The lowest BCUT2D eigenvalue weighted by molar-refractivity contribution is 0.113. The Labute approximate surface area is 236 Å². The Kier molecular flexibility index (Phi) is 8.09. The predicted octanol–water partition coefficient (Wildman–Crippen LogP) is 6.33. The van der Waals surface area contributed by atoms with Crippen LogP contribution in [0, 0.1) is 17.6 Å². The van der Waals surface area contributed by atoms with Crippen LogP contribution >= 0.6 is 11.6 Å². The Morgan fingerprint density at radius 2 is 1.92 bits per heavy atom. The second-order valence-electron chi connectivity index (χ2n) is 12.3. The molecule has 0 aliphatic carbocycles. The van der Waals surface area contributed by atoms with Gasteiger partial charge in [-0.25, -0.2) is 19.2 Å². The first kappa shape index (κ1) is 28.1. The van der Waals surface area contributed by atoms with Crippen molar-refractivity contribution >= 4 is 23.1 Å². The molecule has 3 aliphatic rings. The van der Waals surface area contributed by atoms with E-state index in [1.54, 1.807) is 18.2 Å². The first-order valence-corrected chi connectivity index (χ1v) is 14.5. The van der Waals surface area contributed by atoms with Gasteiger partial charge in [0.25, 0.3) is 0 Å². The largest absolute Gasteiger partial charge is 0.369 e. The van der Waals surface area contributed by atoms with Crippen LogP contribution in [0.1, 0.15) is 65.1 Å². The lowest BCUT2D eigenvalue weighted by Crippen LogP contribution is -2.50. The molecule has 3 aliphatic heterocycles. The van der Waals surface area contributed by atoms with Crippen molar-refractivity contribution in [3.05, 3.63) is 64.0 Å². The van der Waals surface area contributed by atoms with Crippen molar-refractivity contribution in [3.8, 4) is 0 Å². The number of hydrazine groups is 1. The molecule has 0 radical (unpaired) electrons. The van der Waals surface area contributed by atoms with Gasteiger partial charge in [-0.3, -0.25) is 4.90 Å². The first-order valence-electron chi connectivity index (χ1n) is 14.1. The molecule has 0 bridgehead atoms. The number of allylic oxidation sites excluding steroid dienone is 1. The highest BCUT2D eigenvalue weighted by Crippen LogP contribution is 2.33. The van der Waals surface area contributed by atoms with E-state index in [1.165, 1.54) is 0 Å². The van der Waals surface area contributed by atoms with Gasteiger partial charge >= 0.3 is 0 Å². The van der Waals surface area contributed by atoms with Crippen molar-refractivity contribution in [2.75, 3.05) is 29.9 Å². The number of hydrogen-bond donors (Lipinski definition) is 2. The van der Waals surface area contributed by atoms with Crippen LogP contribution in [-0.4, -0.2) is 52.3 Å². The van der Waals surface area contributed by atoms with Crippen molar-refractivity contribution in [1.29, 1.82) is 0 Å². The molecule has 3 atom stereocenters. The summed E-state index contributed by atoms with van der Waals surface area (Å²) < 4.78 is 30.3. The SMILES string of the molecule is CC1=CC(Nc2cc(N3CCC3)c(F)c(CC3CCN(Cc4cccc(Cl)c4F)[C@H](C)C3)n2)NN1C(C)(C)C. The number of benzene rings is 1. The smallest absolute Gasteiger partial charge is 0.168 e. The van der Waals surface area contributed by atoms with E-state index in [1.807, 2.05) is 6.07 Å². The van der Waals surface area contributed by atoms with Crippen LogP contribution in [0.15, 0.2) is 36.0 Å². The number of pyridine rings is 1. The number of nitrogens with one attached hydrogen (secondary N) is 2. The number of rotatable bonds is 7. The fourth-order valence-corrected chi connectivity index (χ4v) is 6.21. The second kappa shape index (κ2) is 11.2. The highest BCUT2D eigenvalue weighted by Gasteiger charge is 2.31. The fraction of sp³-hybridized carbons (Fsp3) is 0.567. The van der Waals surface area contributed by atoms with Crippen LogP contribution in [0.2, 0.25) is 5.02 Å². The number of piperidine rings is 1. The van der Waals surface area contributed by atoms with Gasteiger partial charge < -0.3 is 15.2 Å². The van der Waals surface area contributed by atoms with Gasteiger partial charge in [0.15, 0.2) is 5.82 Å². The summed E-state index contributed by atoms with van der Waals surface area (Å²) in [7, 11) is 0. The molecule has 2 N–H and O–H groups in total. The van der Waals surface area contributed by atoms with Gasteiger partial charge in [-0.15, -0.1) is 0 Å². The minimum Gasteiger partial charge on any atom is -0.369 e. The maximum absolute atomic E-state index is 15.8. The Bertz CT molecular complexity index is 1220. The Balaban J connectivity index is 1.29. The van der Waals surface area contributed by atoms with Gasteiger partial charge in [0.05, 0.1) is 16.4 Å². The van der Waals surface area contributed by atoms with E-state index in [2.05, 4.69) is 66.2 Å². The van der Waals surface area contributed by atoms with E-state index in [9.17, 15) is 4.39 Å². The lowest BCUT2D eigenvalue weighted by atomic mass is 9.87. The molecule has 2 unspecified atom stereocenters. The summed E-state index contributed by atoms with van der Waals surface area (Å²) in [5.41, 5.74) is 6.37. The summed E-state index contributed by atoms with van der Waals surface area (Å²) in [5.74, 6) is 0.464. The molecule has 9 heteroatoms. The molecule has 0 spiro atoms. The average Bonchev–Trinajstić information content (AvgIpc) is 3.20. The molecule has 2 fully saturated rings. The molecular weight excluding hydrogens is 518 g/mol. The van der Waals surface area contributed by atoms with Crippen LogP contribution in [-0.2, 0) is 13.0 Å². The molecule has 5 rings (SSSR count). The third kappa shape index (κ3) is 6.18. The topological polar surface area (TPSA) is 46.7 Å². The molecule has 6 nitrogen and oxygen atoms in total. The van der Waals surface area contributed by atoms with E-state index >= 15 is 4.39 Å². The van der Waals surface area contributed by atoms with Crippen molar-refractivity contribution in [1.82, 2.24) is 20.3 Å². The Morgan fingerprint density at radius 1 is 1.15 bits per heavy atom. The van der Waals surface area contributed by atoms with Gasteiger partial charge in [-0.2, -0.15) is 0 Å². The van der Waals surface area contributed by atoms with Gasteiger partial charge in [0, 0.05) is 48.5 Å². The number of halogens is 3. The van der Waals surface area contributed by atoms with Gasteiger partial charge in [-0.05, 0) is 84.9 Å². The molecule has 4 heterocycles. The maximum Gasteiger partial charge on any atom is 0.168 e. The van der Waals surface area contributed by atoms with Gasteiger partial charge in [0.2, 0.25) is 0 Å². The average molecular weight is 559 g/mol. The molecule has 2 aromatic rings. The van der Waals surface area contributed by atoms with E-state index in [0.29, 0.717) is 41.6 Å². The van der Waals surface area contributed by atoms with E-state index in [4.69, 9.17) is 16.6 Å². The fourth-order valence-electron chi connectivity index (χ4n) is 6.01. The van der Waals surface area contributed by atoms with Crippen LogP contribution in [0.3, 0.4) is 0 Å². The first-order chi connectivity index (χ1) is 18.5. The summed E-state index contributed by atoms with van der Waals surface area (Å²) in [6.45, 7) is 13.8. The summed E-state index contributed by atoms with van der Waals surface area (Å²) in [6, 6.07) is 7.28. The molecule has 0 amide bonds. The van der Waals surface area contributed by atoms with Crippen molar-refractivity contribution in [2.45, 2.75) is 84.6 Å². The Hall–Kier alpha value is -2.42. The van der Waals surface area contributed by atoms with Crippen LogP contribution < -0.4 is 15.6 Å². The lowest BCUT2D eigenvalue weighted by Gasteiger charge is -2.38. The van der Waals surface area contributed by atoms with Crippen LogP contribution in [0.5, 0.6) is 0 Å². The normalized spacial score (nSPS) is 24.1. The minimum absolute atomic E-state index is 0.0642. The highest BCUT2D eigenvalue weighted by atomic mass is 35.5. The molecule has 1 aromatic carbocycles. The minimum atomic E-state index is -0.338. The van der Waals surface area contributed by atoms with Crippen molar-refractivity contribution < 1.29 is 8.78 Å². The van der Waals surface area contributed by atoms with Gasteiger partial charge in [-0.1, -0.05) is 23.7 Å². The van der Waals surface area contributed by atoms with E-state index in [-0.39, 0.29) is 34.4 Å². The zero-order chi connectivity index (χ0) is 27.9. The molecule has 2 saturated heterocycles. The molecular formula is C30H41ClF2N6. The number of hydrogen-bond acceptors (Lipinski definition) is 6. The van der Waals surface area contributed by atoms with Crippen LogP contribution in [0.4, 0.5) is 20.3 Å². The third-order valence-corrected chi connectivity index (χ3v) is 8.51. The molecule has 212 valence electrons. The van der Waals surface area contributed by atoms with Crippen LogP contribution in [0.25, 0.3) is 0 Å². The predicted molar refractivity (Wildman–Crippen MR) is 155 cm³/mol. The summed E-state index contributed by atoms with van der Waals surface area (Å²) in [5, 5.41) is 5.80. The standard InChI is InChI=1S/C30H41ClF2N6/c1-19-14-21(10-13-38(19)18-22-8-6-9-23(31)28(22)32)16-24-29(33)25(37-11-7-12-37)17-26(34-24)35-27-15-20(2)39(36-27)30(3,4)5/h6,8-9,15,17,19,21,27,36H,7,10-14,16,18H2,1-5H3,(H,34,35)/t19-,21?,27?/m1/s1. The molecule has 1 aromatic heterocycles. The monoisotopic (exact) mass is 558 g/mol. The number of nitrogens with zero attached hydrogens (tertiary/aromatic N) is 4.